The maximum absolute atomic E-state index is 6.57. The first kappa shape index (κ1) is 29.0. The molecule has 0 aliphatic carbocycles. The molecule has 0 N–H and O–H groups in total. The molecule has 0 aliphatic rings. The van der Waals surface area contributed by atoms with Gasteiger partial charge in [-0.3, -0.25) is 0 Å². The average Bonchev–Trinajstić information content (AvgIpc) is 3.59. The SMILES string of the molecule is c1ccc(-c2nc(-c3ccccc3)nc(-c3ccc(-c4ccc5c(c4)oc4ccc6c(-c7ccccc7)nc7ccccc7c6c45)cc3)n2)cc1. The molecule has 0 aliphatic heterocycles. The van der Waals surface area contributed by atoms with E-state index in [0.717, 1.165) is 82.7 Å². The summed E-state index contributed by atoms with van der Waals surface area (Å²) in [5.41, 5.74) is 9.70. The van der Waals surface area contributed by atoms with Crippen molar-refractivity contribution in [3.05, 3.63) is 170 Å². The highest BCUT2D eigenvalue weighted by Crippen LogP contribution is 2.42. The van der Waals surface area contributed by atoms with Crippen molar-refractivity contribution in [2.45, 2.75) is 0 Å². The standard InChI is InChI=1S/C46H28N4O/c1-4-12-30(13-5-1)43-37-26-27-39-42(41(37)35-18-10-11-19-38(35)47-43)36-25-24-34(28-40(36)51-39)29-20-22-33(23-21-29)46-49-44(31-14-6-2-7-15-31)48-45(50-46)32-16-8-3-9-17-32/h1-28H. The molecule has 3 heterocycles. The van der Waals surface area contributed by atoms with Gasteiger partial charge in [0.1, 0.15) is 11.2 Å². The Hall–Kier alpha value is -6.98. The average molecular weight is 653 g/mol. The van der Waals surface area contributed by atoms with Crippen LogP contribution in [0.2, 0.25) is 0 Å². The summed E-state index contributed by atoms with van der Waals surface area (Å²) in [6.45, 7) is 0. The lowest BCUT2D eigenvalue weighted by Crippen LogP contribution is -2.00. The second kappa shape index (κ2) is 11.9. The normalized spacial score (nSPS) is 11.5. The van der Waals surface area contributed by atoms with E-state index in [-0.39, 0.29) is 0 Å². The second-order valence-corrected chi connectivity index (χ2v) is 12.6. The smallest absolute Gasteiger partial charge is 0.164 e. The molecule has 10 rings (SSSR count). The van der Waals surface area contributed by atoms with Gasteiger partial charge in [-0.15, -0.1) is 0 Å². The number of furan rings is 1. The number of hydrogen-bond acceptors (Lipinski definition) is 5. The Kier molecular flexibility index (Phi) is 6.74. The zero-order chi connectivity index (χ0) is 33.7. The lowest BCUT2D eigenvalue weighted by Gasteiger charge is -2.11. The summed E-state index contributed by atoms with van der Waals surface area (Å²) in [7, 11) is 0. The maximum Gasteiger partial charge on any atom is 0.164 e. The number of aromatic nitrogens is 4. The molecule has 0 fully saturated rings. The number of pyridine rings is 1. The zero-order valence-electron chi connectivity index (χ0n) is 27.4. The van der Waals surface area contributed by atoms with Crippen molar-refractivity contribution >= 4 is 43.6 Å². The van der Waals surface area contributed by atoms with Crippen molar-refractivity contribution in [2.24, 2.45) is 0 Å². The fraction of sp³-hybridized carbons (Fsp3) is 0. The Morgan fingerprint density at radius 2 is 0.824 bits per heavy atom. The van der Waals surface area contributed by atoms with Gasteiger partial charge in [0.2, 0.25) is 0 Å². The molecule has 0 unspecified atom stereocenters. The van der Waals surface area contributed by atoms with Gasteiger partial charge in [0.05, 0.1) is 11.2 Å². The second-order valence-electron chi connectivity index (χ2n) is 12.6. The van der Waals surface area contributed by atoms with Gasteiger partial charge in [0.25, 0.3) is 0 Å². The van der Waals surface area contributed by atoms with Crippen LogP contribution in [0.1, 0.15) is 0 Å². The molecular formula is C46H28N4O. The Bertz CT molecular complexity index is 2830. The fourth-order valence-electron chi connectivity index (χ4n) is 7.05. The van der Waals surface area contributed by atoms with Crippen molar-refractivity contribution in [3.8, 4) is 56.5 Å². The van der Waals surface area contributed by atoms with Crippen LogP contribution < -0.4 is 0 Å². The van der Waals surface area contributed by atoms with Crippen molar-refractivity contribution in [1.82, 2.24) is 19.9 Å². The van der Waals surface area contributed by atoms with Gasteiger partial charge in [-0.2, -0.15) is 0 Å². The van der Waals surface area contributed by atoms with E-state index in [4.69, 9.17) is 24.4 Å². The molecule has 3 aromatic heterocycles. The number of rotatable bonds is 5. The highest BCUT2D eigenvalue weighted by molar-refractivity contribution is 6.28. The lowest BCUT2D eigenvalue weighted by molar-refractivity contribution is 0.669. The monoisotopic (exact) mass is 652 g/mol. The molecule has 10 aromatic rings. The Balaban J connectivity index is 1.08. The molecule has 0 atom stereocenters. The van der Waals surface area contributed by atoms with Crippen LogP contribution >= 0.6 is 0 Å². The molecule has 0 radical (unpaired) electrons. The first-order valence-electron chi connectivity index (χ1n) is 17.0. The Morgan fingerprint density at radius 3 is 1.47 bits per heavy atom. The van der Waals surface area contributed by atoms with Gasteiger partial charge in [-0.25, -0.2) is 19.9 Å². The van der Waals surface area contributed by atoms with Crippen molar-refractivity contribution in [2.75, 3.05) is 0 Å². The van der Waals surface area contributed by atoms with Crippen molar-refractivity contribution in [1.29, 1.82) is 0 Å². The summed E-state index contributed by atoms with van der Waals surface area (Å²) >= 11 is 0. The molecule has 51 heavy (non-hydrogen) atoms. The molecule has 0 spiro atoms. The highest BCUT2D eigenvalue weighted by Gasteiger charge is 2.18. The third kappa shape index (κ3) is 5.03. The van der Waals surface area contributed by atoms with Crippen LogP contribution in [0.3, 0.4) is 0 Å². The van der Waals surface area contributed by atoms with Crippen molar-refractivity contribution in [3.63, 3.8) is 0 Å². The van der Waals surface area contributed by atoms with E-state index in [0.29, 0.717) is 17.5 Å². The summed E-state index contributed by atoms with van der Waals surface area (Å²) < 4.78 is 6.57. The first-order valence-corrected chi connectivity index (χ1v) is 17.0. The van der Waals surface area contributed by atoms with E-state index < -0.39 is 0 Å². The van der Waals surface area contributed by atoms with Gasteiger partial charge in [0, 0.05) is 49.2 Å². The van der Waals surface area contributed by atoms with Crippen LogP contribution in [0.15, 0.2) is 174 Å². The largest absolute Gasteiger partial charge is 0.456 e. The third-order valence-electron chi connectivity index (χ3n) is 9.52. The topological polar surface area (TPSA) is 64.7 Å². The van der Waals surface area contributed by atoms with Crippen molar-refractivity contribution < 1.29 is 4.42 Å². The molecule has 7 aromatic carbocycles. The molecule has 5 heteroatoms. The molecule has 0 amide bonds. The van der Waals surface area contributed by atoms with Gasteiger partial charge in [-0.1, -0.05) is 140 Å². The number of nitrogens with zero attached hydrogens (tertiary/aromatic N) is 4. The Labute approximate surface area is 293 Å². The molecule has 0 bridgehead atoms. The van der Waals surface area contributed by atoms with Crippen LogP contribution in [0.25, 0.3) is 100 Å². The Morgan fingerprint density at radius 1 is 0.314 bits per heavy atom. The van der Waals surface area contributed by atoms with E-state index >= 15 is 0 Å². The van der Waals surface area contributed by atoms with Gasteiger partial charge < -0.3 is 4.42 Å². The van der Waals surface area contributed by atoms with Crippen LogP contribution in [-0.2, 0) is 0 Å². The van der Waals surface area contributed by atoms with Gasteiger partial charge >= 0.3 is 0 Å². The molecular weight excluding hydrogens is 625 g/mol. The fourth-order valence-corrected chi connectivity index (χ4v) is 7.05. The minimum atomic E-state index is 0.630. The molecule has 0 saturated carbocycles. The number of fused-ring (bicyclic) bond motifs is 7. The summed E-state index contributed by atoms with van der Waals surface area (Å²) in [6.07, 6.45) is 0. The van der Waals surface area contributed by atoms with Crippen LogP contribution in [-0.4, -0.2) is 19.9 Å². The number of benzene rings is 7. The van der Waals surface area contributed by atoms with E-state index in [2.05, 4.69) is 97.1 Å². The molecule has 238 valence electrons. The summed E-state index contributed by atoms with van der Waals surface area (Å²) in [4.78, 5) is 19.8. The van der Waals surface area contributed by atoms with E-state index in [1.165, 1.54) is 0 Å². The minimum absolute atomic E-state index is 0.630. The predicted molar refractivity (Wildman–Crippen MR) is 207 cm³/mol. The molecule has 5 nitrogen and oxygen atoms in total. The van der Waals surface area contributed by atoms with E-state index in [9.17, 15) is 0 Å². The zero-order valence-corrected chi connectivity index (χ0v) is 27.4. The summed E-state index contributed by atoms with van der Waals surface area (Å²) in [5, 5.41) is 5.58. The van der Waals surface area contributed by atoms with E-state index in [1.54, 1.807) is 0 Å². The summed E-state index contributed by atoms with van der Waals surface area (Å²) in [6, 6.07) is 58.0. The number of para-hydroxylation sites is 1. The van der Waals surface area contributed by atoms with Crippen LogP contribution in [0, 0.1) is 0 Å². The summed E-state index contributed by atoms with van der Waals surface area (Å²) in [5.74, 6) is 1.92. The third-order valence-corrected chi connectivity index (χ3v) is 9.52. The lowest BCUT2D eigenvalue weighted by atomic mass is 9.95. The number of hydrogen-bond donors (Lipinski definition) is 0. The van der Waals surface area contributed by atoms with E-state index in [1.807, 2.05) is 72.8 Å². The van der Waals surface area contributed by atoms with Gasteiger partial charge in [-0.05, 0) is 41.5 Å². The molecule has 0 saturated heterocycles. The van der Waals surface area contributed by atoms with Crippen LogP contribution in [0.5, 0.6) is 0 Å². The predicted octanol–water partition coefficient (Wildman–Crippen LogP) is 11.8. The highest BCUT2D eigenvalue weighted by atomic mass is 16.3. The minimum Gasteiger partial charge on any atom is -0.456 e. The van der Waals surface area contributed by atoms with Crippen LogP contribution in [0.4, 0.5) is 0 Å². The van der Waals surface area contributed by atoms with Gasteiger partial charge in [0.15, 0.2) is 17.5 Å². The quantitative estimate of drug-likeness (QED) is 0.173. The first-order chi connectivity index (χ1) is 25.3. The maximum atomic E-state index is 6.57.